The zero-order valence-electron chi connectivity index (χ0n) is 21.6. The normalized spacial score (nSPS) is 16.6. The molecule has 0 saturated carbocycles. The maximum Gasteiger partial charge on any atom is 0.409 e. The number of hydrogen-bond donors (Lipinski definition) is 2. The Labute approximate surface area is 226 Å². The fourth-order valence-corrected chi connectivity index (χ4v) is 7.45. The van der Waals surface area contributed by atoms with Gasteiger partial charge in [-0.1, -0.05) is 6.92 Å². The van der Waals surface area contributed by atoms with Crippen molar-refractivity contribution in [1.82, 2.24) is 14.1 Å². The number of anilines is 1. The minimum Gasteiger partial charge on any atom is -0.450 e. The molecule has 3 N–H and O–H groups in total. The number of hydrogen-bond acceptors (Lipinski definition) is 8. The van der Waals surface area contributed by atoms with Crippen LogP contribution in [0, 0.1) is 0 Å². The van der Waals surface area contributed by atoms with Gasteiger partial charge in [-0.15, -0.1) is 11.3 Å². The van der Waals surface area contributed by atoms with E-state index in [9.17, 15) is 22.8 Å². The fourth-order valence-electron chi connectivity index (χ4n) is 4.74. The molecule has 0 unspecified atom stereocenters. The van der Waals surface area contributed by atoms with Crippen LogP contribution in [0.1, 0.15) is 51.4 Å². The Morgan fingerprint density at radius 2 is 1.74 bits per heavy atom. The van der Waals surface area contributed by atoms with Crippen LogP contribution >= 0.6 is 11.3 Å². The van der Waals surface area contributed by atoms with Gasteiger partial charge in [0.25, 0.3) is 11.8 Å². The van der Waals surface area contributed by atoms with E-state index in [0.29, 0.717) is 23.5 Å². The summed E-state index contributed by atoms with van der Waals surface area (Å²) in [5, 5.41) is 3.23. The molecule has 2 aliphatic rings. The first kappa shape index (κ1) is 28.0. The van der Waals surface area contributed by atoms with Gasteiger partial charge >= 0.3 is 6.09 Å². The van der Waals surface area contributed by atoms with Crippen molar-refractivity contribution in [2.75, 3.05) is 51.2 Å². The molecule has 1 fully saturated rings. The van der Waals surface area contributed by atoms with E-state index in [1.165, 1.54) is 44.8 Å². The Morgan fingerprint density at radius 3 is 2.34 bits per heavy atom. The highest BCUT2D eigenvalue weighted by molar-refractivity contribution is 7.89. The van der Waals surface area contributed by atoms with Crippen LogP contribution in [0.5, 0.6) is 0 Å². The number of rotatable bonds is 8. The molecule has 13 heteroatoms. The highest BCUT2D eigenvalue weighted by Gasteiger charge is 2.31. The summed E-state index contributed by atoms with van der Waals surface area (Å²) in [5.41, 5.74) is 7.18. The van der Waals surface area contributed by atoms with Crippen molar-refractivity contribution in [1.29, 1.82) is 0 Å². The summed E-state index contributed by atoms with van der Waals surface area (Å²) < 4.78 is 32.5. The number of carbonyl (C=O) groups excluding carboxylic acids is 3. The van der Waals surface area contributed by atoms with Crippen LogP contribution < -0.4 is 11.1 Å². The lowest BCUT2D eigenvalue weighted by atomic mass is 10.0. The highest BCUT2D eigenvalue weighted by Crippen LogP contribution is 2.37. The smallest absolute Gasteiger partial charge is 0.409 e. The molecule has 206 valence electrons. The Kier molecular flexibility index (Phi) is 8.71. The van der Waals surface area contributed by atoms with Gasteiger partial charge < -0.3 is 20.7 Å². The number of carbonyl (C=O) groups is 3. The van der Waals surface area contributed by atoms with Crippen molar-refractivity contribution < 1.29 is 27.5 Å². The largest absolute Gasteiger partial charge is 0.450 e. The van der Waals surface area contributed by atoms with Gasteiger partial charge in [0.1, 0.15) is 5.00 Å². The van der Waals surface area contributed by atoms with Crippen LogP contribution in [-0.2, 0) is 27.7 Å². The molecule has 0 aliphatic carbocycles. The van der Waals surface area contributed by atoms with Gasteiger partial charge in [-0.3, -0.25) is 14.5 Å². The molecule has 3 heterocycles. The number of sulfonamides is 1. The van der Waals surface area contributed by atoms with Crippen molar-refractivity contribution in [3.8, 4) is 0 Å². The summed E-state index contributed by atoms with van der Waals surface area (Å²) in [6.07, 6.45) is 1.27. The topological polar surface area (TPSA) is 142 Å². The van der Waals surface area contributed by atoms with Crippen LogP contribution in [0.4, 0.5) is 9.80 Å². The van der Waals surface area contributed by atoms with E-state index >= 15 is 0 Å². The first-order chi connectivity index (χ1) is 18.1. The average molecular weight is 564 g/mol. The van der Waals surface area contributed by atoms with Crippen molar-refractivity contribution in [2.45, 2.75) is 38.1 Å². The molecule has 2 aliphatic heterocycles. The fraction of sp³-hybridized carbons (Fsp3) is 0.480. The van der Waals surface area contributed by atoms with Crippen molar-refractivity contribution in [3.05, 3.63) is 45.8 Å². The Balaban J connectivity index is 1.45. The van der Waals surface area contributed by atoms with Crippen LogP contribution in [-0.4, -0.2) is 86.3 Å². The molecule has 0 bridgehead atoms. The Bertz CT molecular complexity index is 1300. The summed E-state index contributed by atoms with van der Waals surface area (Å²) in [6.45, 7) is 7.37. The molecule has 1 aromatic carbocycles. The summed E-state index contributed by atoms with van der Waals surface area (Å²) in [6, 6.07) is 5.66. The van der Waals surface area contributed by atoms with Gasteiger partial charge in [-0.25, -0.2) is 13.2 Å². The maximum atomic E-state index is 13.1. The predicted octanol–water partition coefficient (Wildman–Crippen LogP) is 2.33. The van der Waals surface area contributed by atoms with Gasteiger partial charge in [0.15, 0.2) is 0 Å². The van der Waals surface area contributed by atoms with E-state index in [2.05, 4.69) is 17.1 Å². The van der Waals surface area contributed by atoms with Gasteiger partial charge in [-0.2, -0.15) is 4.31 Å². The third kappa shape index (κ3) is 5.85. The van der Waals surface area contributed by atoms with E-state index in [4.69, 9.17) is 10.5 Å². The number of nitrogens with one attached hydrogen (secondary N) is 1. The van der Waals surface area contributed by atoms with Crippen LogP contribution in [0.15, 0.2) is 29.2 Å². The Hall–Kier alpha value is -3.00. The van der Waals surface area contributed by atoms with E-state index in [1.807, 2.05) is 0 Å². The number of nitrogens with two attached hydrogens (primary N) is 1. The number of primary amides is 1. The van der Waals surface area contributed by atoms with Crippen LogP contribution in [0.2, 0.25) is 0 Å². The molecular weight excluding hydrogens is 530 g/mol. The molecule has 0 radical (unpaired) electrons. The SMILES string of the molecule is CCCN1CCc2c(sc(NC(=O)c3ccc(S(=O)(=O)N4CCN(C(=O)OCC)CC4)cc3)c2C(N)=O)C1. The number of thiophene rings is 1. The third-order valence-corrected chi connectivity index (χ3v) is 9.71. The first-order valence-electron chi connectivity index (χ1n) is 12.7. The van der Waals surface area contributed by atoms with Crippen LogP contribution in [0.25, 0.3) is 0 Å². The second-order valence-electron chi connectivity index (χ2n) is 9.17. The standard InChI is InChI=1S/C25H33N5O6S2/c1-3-10-28-11-9-19-20(16-28)37-24(21(19)22(26)31)27-23(32)17-5-7-18(8-6-17)38(34,35)30-14-12-29(13-15-30)25(33)36-4-2/h5-8H,3-4,9-16H2,1-2H3,(H2,26,31)(H,27,32). The summed E-state index contributed by atoms with van der Waals surface area (Å²) >= 11 is 1.36. The zero-order valence-corrected chi connectivity index (χ0v) is 23.2. The molecule has 38 heavy (non-hydrogen) atoms. The molecule has 0 spiro atoms. The quantitative estimate of drug-likeness (QED) is 0.502. The predicted molar refractivity (Wildman–Crippen MR) is 144 cm³/mol. The van der Waals surface area contributed by atoms with E-state index in [1.54, 1.807) is 6.92 Å². The second kappa shape index (κ2) is 11.8. The van der Waals surface area contributed by atoms with Gasteiger partial charge in [0, 0.05) is 49.7 Å². The molecule has 4 rings (SSSR count). The maximum absolute atomic E-state index is 13.1. The molecule has 11 nitrogen and oxygen atoms in total. The van der Waals surface area contributed by atoms with Crippen molar-refractivity contribution in [3.63, 3.8) is 0 Å². The number of fused-ring (bicyclic) bond motifs is 1. The molecule has 0 atom stereocenters. The zero-order chi connectivity index (χ0) is 27.4. The Morgan fingerprint density at radius 1 is 1.05 bits per heavy atom. The number of nitrogens with zero attached hydrogens (tertiary/aromatic N) is 3. The van der Waals surface area contributed by atoms with Crippen molar-refractivity contribution in [2.24, 2.45) is 5.73 Å². The lowest BCUT2D eigenvalue weighted by molar-refractivity contribution is 0.0933. The van der Waals surface area contributed by atoms with E-state index in [0.717, 1.165) is 30.0 Å². The molecule has 1 saturated heterocycles. The lowest BCUT2D eigenvalue weighted by Gasteiger charge is -2.33. The molecule has 2 aromatic rings. The number of amides is 3. The highest BCUT2D eigenvalue weighted by atomic mass is 32.2. The molecule has 3 amide bonds. The van der Waals surface area contributed by atoms with Crippen LogP contribution in [0.3, 0.4) is 0 Å². The van der Waals surface area contributed by atoms with Gasteiger partial charge in [-0.05, 0) is 56.1 Å². The minimum atomic E-state index is -3.80. The van der Waals surface area contributed by atoms with E-state index in [-0.39, 0.29) is 43.2 Å². The summed E-state index contributed by atoms with van der Waals surface area (Å²) in [4.78, 5) is 42.0. The first-order valence-corrected chi connectivity index (χ1v) is 14.9. The molecule has 1 aromatic heterocycles. The van der Waals surface area contributed by atoms with Gasteiger partial charge in [0.2, 0.25) is 10.0 Å². The van der Waals surface area contributed by atoms with E-state index < -0.39 is 27.9 Å². The number of piperazine rings is 1. The van der Waals surface area contributed by atoms with Gasteiger partial charge in [0.05, 0.1) is 17.1 Å². The number of benzene rings is 1. The minimum absolute atomic E-state index is 0.0547. The summed E-state index contributed by atoms with van der Waals surface area (Å²) in [7, 11) is -3.80. The monoisotopic (exact) mass is 563 g/mol. The second-order valence-corrected chi connectivity index (χ2v) is 12.2. The summed E-state index contributed by atoms with van der Waals surface area (Å²) in [5.74, 6) is -1.03. The van der Waals surface area contributed by atoms with Crippen molar-refractivity contribution >= 4 is 44.3 Å². The number of ether oxygens (including phenoxy) is 1. The lowest BCUT2D eigenvalue weighted by Crippen LogP contribution is -2.50. The third-order valence-electron chi connectivity index (χ3n) is 6.67. The average Bonchev–Trinajstić information content (AvgIpc) is 3.26. The molecular formula is C25H33N5O6S2.